The van der Waals surface area contributed by atoms with Crippen molar-refractivity contribution >= 4 is 21.7 Å². The molecule has 1 aliphatic heterocycles. The van der Waals surface area contributed by atoms with Gasteiger partial charge in [0.1, 0.15) is 15.9 Å². The van der Waals surface area contributed by atoms with Gasteiger partial charge in [-0.25, -0.2) is 13.4 Å². The molecule has 9 nitrogen and oxygen atoms in total. The van der Waals surface area contributed by atoms with Crippen LogP contribution >= 0.6 is 0 Å². The van der Waals surface area contributed by atoms with Gasteiger partial charge in [-0.1, -0.05) is 38.1 Å². The van der Waals surface area contributed by atoms with Crippen molar-refractivity contribution in [3.8, 4) is 0 Å². The van der Waals surface area contributed by atoms with Crippen LogP contribution in [0.2, 0.25) is 0 Å². The van der Waals surface area contributed by atoms with Crippen molar-refractivity contribution in [2.75, 3.05) is 25.1 Å². The van der Waals surface area contributed by atoms with E-state index in [0.717, 1.165) is 16.8 Å². The Morgan fingerprint density at radius 1 is 1.21 bits per heavy atom. The molecule has 0 spiro atoms. The number of nitrogens with one attached hydrogen (secondary N) is 3. The Balaban J connectivity index is 1.72. The molecule has 0 aliphatic carbocycles. The van der Waals surface area contributed by atoms with Crippen molar-refractivity contribution in [3.05, 3.63) is 53.6 Å². The average Bonchev–Trinajstić information content (AvgIpc) is 3.31. The number of carbonyl (C=O) groups is 2. The number of hydrogen-bond acceptors (Lipinski definition) is 6. The highest BCUT2D eigenvalue weighted by atomic mass is 32.2. The quantitative estimate of drug-likeness (QED) is 0.406. The van der Waals surface area contributed by atoms with Crippen LogP contribution in [-0.2, 0) is 38.8 Å². The molecular formula is C24H35N5O4S. The summed E-state index contributed by atoms with van der Waals surface area (Å²) in [6, 6.07) is 6.78. The van der Waals surface area contributed by atoms with E-state index >= 15 is 0 Å². The number of amides is 2. The molecule has 2 aromatic rings. The van der Waals surface area contributed by atoms with Crippen molar-refractivity contribution in [3.63, 3.8) is 0 Å². The smallest absolute Gasteiger partial charge is 0.243 e. The van der Waals surface area contributed by atoms with E-state index in [9.17, 15) is 18.0 Å². The first kappa shape index (κ1) is 25.9. The highest BCUT2D eigenvalue weighted by Crippen LogP contribution is 2.25. The van der Waals surface area contributed by atoms with E-state index < -0.39 is 21.9 Å². The molecule has 1 unspecified atom stereocenters. The zero-order valence-corrected chi connectivity index (χ0v) is 20.9. The molecule has 0 fully saturated rings. The summed E-state index contributed by atoms with van der Waals surface area (Å²) >= 11 is 0. The lowest BCUT2D eigenvalue weighted by Crippen LogP contribution is -2.58. The third-order valence-electron chi connectivity index (χ3n) is 6.07. The monoisotopic (exact) mass is 489 g/mol. The third-order valence-corrected chi connectivity index (χ3v) is 7.10. The van der Waals surface area contributed by atoms with Gasteiger partial charge >= 0.3 is 0 Å². The topological polar surface area (TPSA) is 124 Å². The Morgan fingerprint density at radius 2 is 1.94 bits per heavy atom. The minimum Gasteiger partial charge on any atom is -0.354 e. The molecule has 2 atom stereocenters. The van der Waals surface area contributed by atoms with Gasteiger partial charge in [0, 0.05) is 50.6 Å². The van der Waals surface area contributed by atoms with Crippen LogP contribution < -0.4 is 10.6 Å². The number of sulfone groups is 1. The van der Waals surface area contributed by atoms with Crippen molar-refractivity contribution in [2.24, 2.45) is 5.92 Å². The highest BCUT2D eigenvalue weighted by Gasteiger charge is 2.38. The first-order valence-corrected chi connectivity index (χ1v) is 13.7. The van der Waals surface area contributed by atoms with Crippen LogP contribution in [0.1, 0.15) is 37.1 Å². The van der Waals surface area contributed by atoms with Gasteiger partial charge in [-0.15, -0.1) is 0 Å². The second-order valence-electron chi connectivity index (χ2n) is 9.23. The summed E-state index contributed by atoms with van der Waals surface area (Å²) in [5.41, 5.74) is 3.08. The summed E-state index contributed by atoms with van der Waals surface area (Å²) in [7, 11) is -3.09. The number of benzene rings is 1. The van der Waals surface area contributed by atoms with Crippen LogP contribution in [0.15, 0.2) is 36.8 Å². The average molecular weight is 490 g/mol. The van der Waals surface area contributed by atoms with Crippen LogP contribution in [0.4, 0.5) is 0 Å². The van der Waals surface area contributed by atoms with E-state index in [-0.39, 0.29) is 30.0 Å². The molecule has 0 saturated carbocycles. The second kappa shape index (κ2) is 11.6. The van der Waals surface area contributed by atoms with Gasteiger partial charge in [0.15, 0.2) is 0 Å². The lowest BCUT2D eigenvalue weighted by molar-refractivity contribution is -0.144. The van der Waals surface area contributed by atoms with Crippen molar-refractivity contribution in [2.45, 2.75) is 51.7 Å². The molecule has 10 heteroatoms. The van der Waals surface area contributed by atoms with Gasteiger partial charge in [0.25, 0.3) is 0 Å². The molecule has 1 aliphatic rings. The first-order valence-electron chi connectivity index (χ1n) is 11.7. The molecule has 1 aromatic heterocycles. The Morgan fingerprint density at radius 3 is 2.59 bits per heavy atom. The fourth-order valence-corrected chi connectivity index (χ4v) is 4.89. The maximum absolute atomic E-state index is 13.7. The Bertz CT molecular complexity index is 1070. The molecule has 2 heterocycles. The fourth-order valence-electron chi connectivity index (χ4n) is 4.22. The molecule has 0 radical (unpaired) electrons. The molecule has 34 heavy (non-hydrogen) atoms. The number of imidazole rings is 1. The number of aromatic nitrogens is 2. The van der Waals surface area contributed by atoms with Gasteiger partial charge < -0.3 is 20.5 Å². The standard InChI is InChI=1S/C24H35N5O4S/c1-17(2)22(26-11-9-20-14-25-16-28-20)24(31)29-15-19-8-5-4-7-18(19)13-21(29)23(30)27-10-6-12-34(3,32)33/h4-5,7-8,14,16-17,21-22,26H,6,9-13,15H2,1-3H3,(H,25,28)(H,27,30)/t21-,22?/m0/s1. The summed E-state index contributed by atoms with van der Waals surface area (Å²) in [6.07, 6.45) is 6.05. The maximum atomic E-state index is 13.7. The molecule has 0 bridgehead atoms. The van der Waals surface area contributed by atoms with E-state index in [0.29, 0.717) is 32.4 Å². The van der Waals surface area contributed by atoms with Gasteiger partial charge in [0.2, 0.25) is 11.8 Å². The molecule has 0 saturated heterocycles. The summed E-state index contributed by atoms with van der Waals surface area (Å²) in [6.45, 7) is 5.20. The predicted octanol–water partition coefficient (Wildman–Crippen LogP) is 1.07. The number of H-pyrrole nitrogens is 1. The van der Waals surface area contributed by atoms with Crippen molar-refractivity contribution < 1.29 is 18.0 Å². The largest absolute Gasteiger partial charge is 0.354 e. The van der Waals surface area contributed by atoms with Gasteiger partial charge in [-0.05, 0) is 23.5 Å². The van der Waals surface area contributed by atoms with Crippen molar-refractivity contribution in [1.82, 2.24) is 25.5 Å². The molecule has 3 rings (SSSR count). The number of hydrogen-bond donors (Lipinski definition) is 3. The molecule has 3 N–H and O–H groups in total. The predicted molar refractivity (Wildman–Crippen MR) is 131 cm³/mol. The third kappa shape index (κ3) is 7.14. The number of nitrogens with zero attached hydrogens (tertiary/aromatic N) is 2. The van der Waals surface area contributed by atoms with Crippen LogP contribution in [0.3, 0.4) is 0 Å². The molecule has 2 amide bonds. The van der Waals surface area contributed by atoms with Gasteiger partial charge in [0.05, 0.1) is 18.1 Å². The lowest BCUT2D eigenvalue weighted by Gasteiger charge is -2.39. The Labute approximate surface area is 201 Å². The fraction of sp³-hybridized carbons (Fsp3) is 0.542. The van der Waals surface area contributed by atoms with Crippen molar-refractivity contribution in [1.29, 1.82) is 0 Å². The van der Waals surface area contributed by atoms with Crippen LogP contribution in [0.5, 0.6) is 0 Å². The second-order valence-corrected chi connectivity index (χ2v) is 11.5. The number of aromatic amines is 1. The zero-order valence-electron chi connectivity index (χ0n) is 20.1. The van der Waals surface area contributed by atoms with E-state index in [2.05, 4.69) is 20.6 Å². The summed E-state index contributed by atoms with van der Waals surface area (Å²) < 4.78 is 22.8. The van der Waals surface area contributed by atoms with E-state index in [1.54, 1.807) is 17.4 Å². The Hall–Kier alpha value is -2.72. The van der Waals surface area contributed by atoms with Crippen LogP contribution in [0, 0.1) is 5.92 Å². The first-order chi connectivity index (χ1) is 16.2. The highest BCUT2D eigenvalue weighted by molar-refractivity contribution is 7.90. The normalized spacial score (nSPS) is 16.8. The zero-order chi connectivity index (χ0) is 24.7. The Kier molecular flexibility index (Phi) is 8.84. The minimum absolute atomic E-state index is 0.0130. The van der Waals surface area contributed by atoms with Crippen LogP contribution in [-0.4, -0.2) is 72.3 Å². The van der Waals surface area contributed by atoms with E-state index in [1.807, 2.05) is 38.1 Å². The lowest BCUT2D eigenvalue weighted by atomic mass is 9.91. The maximum Gasteiger partial charge on any atom is 0.243 e. The minimum atomic E-state index is -3.09. The molecule has 1 aromatic carbocycles. The number of carbonyl (C=O) groups excluding carboxylic acids is 2. The number of fused-ring (bicyclic) bond motifs is 1. The van der Waals surface area contributed by atoms with E-state index in [1.165, 1.54) is 6.26 Å². The van der Waals surface area contributed by atoms with Crippen LogP contribution in [0.25, 0.3) is 0 Å². The molecular weight excluding hydrogens is 454 g/mol. The molecule has 186 valence electrons. The number of rotatable bonds is 11. The summed E-state index contributed by atoms with van der Waals surface area (Å²) in [5, 5.41) is 6.21. The summed E-state index contributed by atoms with van der Waals surface area (Å²) in [4.78, 5) is 35.6. The SMILES string of the molecule is CC(C)C(NCCc1cnc[nH]1)C(=O)N1Cc2ccccc2C[C@H]1C(=O)NCCCS(C)(=O)=O. The van der Waals surface area contributed by atoms with E-state index in [4.69, 9.17) is 0 Å². The van der Waals surface area contributed by atoms with Gasteiger partial charge in [-0.3, -0.25) is 9.59 Å². The van der Waals surface area contributed by atoms with Gasteiger partial charge in [-0.2, -0.15) is 0 Å². The summed E-state index contributed by atoms with van der Waals surface area (Å²) in [5.74, 6) is -0.314.